The number of carbonyl (C=O) groups is 2. The molecule has 3 aromatic carbocycles. The van der Waals surface area contributed by atoms with Gasteiger partial charge in [-0.3, -0.25) is 4.79 Å². The van der Waals surface area contributed by atoms with Crippen LogP contribution in [0.15, 0.2) is 89.8 Å². The Labute approximate surface area is 214 Å². The van der Waals surface area contributed by atoms with Crippen LogP contribution in [0, 0.1) is 6.92 Å². The highest BCUT2D eigenvalue weighted by molar-refractivity contribution is 8.00. The normalized spacial score (nSPS) is 11.6. The van der Waals surface area contributed by atoms with Crippen LogP contribution in [0.5, 0.6) is 0 Å². The molecule has 0 aliphatic rings. The summed E-state index contributed by atoms with van der Waals surface area (Å²) in [7, 11) is 1.36. The molecule has 0 aliphatic carbocycles. The molecular formula is C29H27NO3S2. The maximum atomic E-state index is 13.6. The lowest BCUT2D eigenvalue weighted by Crippen LogP contribution is -2.20. The Morgan fingerprint density at radius 2 is 1.57 bits per heavy atom. The highest BCUT2D eigenvalue weighted by atomic mass is 32.2. The number of ether oxygens (including phenoxy) is 1. The van der Waals surface area contributed by atoms with E-state index in [4.69, 9.17) is 4.74 Å². The van der Waals surface area contributed by atoms with Crippen molar-refractivity contribution in [1.82, 2.24) is 0 Å². The van der Waals surface area contributed by atoms with E-state index in [1.807, 2.05) is 79.7 Å². The van der Waals surface area contributed by atoms with Crippen molar-refractivity contribution in [2.24, 2.45) is 0 Å². The average Bonchev–Trinajstić information content (AvgIpc) is 3.23. The van der Waals surface area contributed by atoms with E-state index in [2.05, 4.69) is 24.4 Å². The molecule has 0 aliphatic heterocycles. The lowest BCUT2D eigenvalue weighted by molar-refractivity contribution is -0.115. The van der Waals surface area contributed by atoms with Crippen LogP contribution in [0.3, 0.4) is 0 Å². The van der Waals surface area contributed by atoms with Gasteiger partial charge < -0.3 is 10.1 Å². The maximum Gasteiger partial charge on any atom is 0.341 e. The summed E-state index contributed by atoms with van der Waals surface area (Å²) in [6, 6.07) is 27.7. The quantitative estimate of drug-likeness (QED) is 0.200. The smallest absolute Gasteiger partial charge is 0.341 e. The van der Waals surface area contributed by atoms with Gasteiger partial charge in [0.1, 0.15) is 15.8 Å². The first kappa shape index (κ1) is 24.8. The molecule has 1 amide bonds. The summed E-state index contributed by atoms with van der Waals surface area (Å²) in [6.07, 6.45) is 0.939. The third-order valence-corrected chi connectivity index (χ3v) is 7.99. The summed E-state index contributed by atoms with van der Waals surface area (Å²) in [5.41, 5.74) is 4.23. The Hall–Kier alpha value is -3.35. The zero-order valence-electron chi connectivity index (χ0n) is 19.9. The molecular weight excluding hydrogens is 474 g/mol. The fraction of sp³-hybridized carbons (Fsp3) is 0.172. The van der Waals surface area contributed by atoms with Crippen molar-refractivity contribution in [3.8, 4) is 11.1 Å². The first-order valence-corrected chi connectivity index (χ1v) is 13.1. The molecule has 0 radical (unpaired) electrons. The molecule has 1 aromatic heterocycles. The zero-order chi connectivity index (χ0) is 24.8. The first-order chi connectivity index (χ1) is 17.0. The Morgan fingerprint density at radius 1 is 0.943 bits per heavy atom. The van der Waals surface area contributed by atoms with Gasteiger partial charge in [-0.05, 0) is 42.2 Å². The second kappa shape index (κ2) is 11.4. The molecule has 0 fully saturated rings. The second-order valence-electron chi connectivity index (χ2n) is 7.99. The summed E-state index contributed by atoms with van der Waals surface area (Å²) in [4.78, 5) is 28.5. The van der Waals surface area contributed by atoms with E-state index < -0.39 is 11.2 Å². The topological polar surface area (TPSA) is 55.4 Å². The number of carbonyl (C=O) groups excluding carboxylic acids is 2. The van der Waals surface area contributed by atoms with E-state index in [9.17, 15) is 9.59 Å². The molecule has 1 heterocycles. The van der Waals surface area contributed by atoms with Crippen molar-refractivity contribution in [2.75, 3.05) is 12.4 Å². The molecule has 0 bridgehead atoms. The standard InChI is InChI=1S/C29H27NO3S2/c1-4-20-15-17-21(18-16-20)24-19(2)34-28(25(24)29(32)33-3)30-27(31)26(22-11-7-5-8-12-22)35-23-13-9-6-10-14-23/h5-18,26H,4H2,1-3H3,(H,30,31)/t26-/m0/s1. The van der Waals surface area contributed by atoms with Crippen LogP contribution in [-0.2, 0) is 16.0 Å². The Bertz CT molecular complexity index is 1300. The molecule has 178 valence electrons. The van der Waals surface area contributed by atoms with Crippen LogP contribution >= 0.6 is 23.1 Å². The number of rotatable bonds is 8. The van der Waals surface area contributed by atoms with Gasteiger partial charge in [-0.2, -0.15) is 0 Å². The molecule has 1 N–H and O–H groups in total. The number of esters is 1. The third kappa shape index (κ3) is 5.66. The number of benzene rings is 3. The molecule has 35 heavy (non-hydrogen) atoms. The summed E-state index contributed by atoms with van der Waals surface area (Å²) in [5.74, 6) is -0.657. The average molecular weight is 502 g/mol. The van der Waals surface area contributed by atoms with Crippen molar-refractivity contribution in [2.45, 2.75) is 30.4 Å². The zero-order valence-corrected chi connectivity index (χ0v) is 21.5. The van der Waals surface area contributed by atoms with Crippen molar-refractivity contribution < 1.29 is 14.3 Å². The van der Waals surface area contributed by atoms with Gasteiger partial charge in [0.05, 0.1) is 7.11 Å². The molecule has 0 unspecified atom stereocenters. The molecule has 4 rings (SSSR count). The number of aryl methyl sites for hydroxylation is 2. The lowest BCUT2D eigenvalue weighted by Gasteiger charge is -2.17. The van der Waals surface area contributed by atoms with Gasteiger partial charge in [0.2, 0.25) is 5.91 Å². The minimum Gasteiger partial charge on any atom is -0.465 e. The number of thioether (sulfide) groups is 1. The van der Waals surface area contributed by atoms with Gasteiger partial charge in [-0.25, -0.2) is 4.79 Å². The minimum absolute atomic E-state index is 0.190. The summed E-state index contributed by atoms with van der Waals surface area (Å²) in [5, 5.41) is 3.07. The second-order valence-corrected chi connectivity index (χ2v) is 10.4. The number of methoxy groups -OCH3 is 1. The highest BCUT2D eigenvalue weighted by Crippen LogP contribution is 2.42. The highest BCUT2D eigenvalue weighted by Gasteiger charge is 2.28. The third-order valence-electron chi connectivity index (χ3n) is 5.70. The molecule has 0 saturated carbocycles. The van der Waals surface area contributed by atoms with Gasteiger partial charge in [0, 0.05) is 15.3 Å². The van der Waals surface area contributed by atoms with E-state index in [1.165, 1.54) is 35.8 Å². The molecule has 1 atom stereocenters. The summed E-state index contributed by atoms with van der Waals surface area (Å²) >= 11 is 2.87. The first-order valence-electron chi connectivity index (χ1n) is 11.4. The van der Waals surface area contributed by atoms with Gasteiger partial charge in [0.15, 0.2) is 0 Å². The van der Waals surface area contributed by atoms with Crippen molar-refractivity contribution in [3.63, 3.8) is 0 Å². The minimum atomic E-state index is -0.487. The van der Waals surface area contributed by atoms with Crippen molar-refractivity contribution in [1.29, 1.82) is 0 Å². The maximum absolute atomic E-state index is 13.6. The molecule has 4 nitrogen and oxygen atoms in total. The van der Waals surface area contributed by atoms with Gasteiger partial charge in [-0.15, -0.1) is 23.1 Å². The Balaban J connectivity index is 1.71. The predicted molar refractivity (Wildman–Crippen MR) is 145 cm³/mol. The largest absolute Gasteiger partial charge is 0.465 e. The van der Waals surface area contributed by atoms with E-state index >= 15 is 0 Å². The molecule has 6 heteroatoms. The Kier molecular flexibility index (Phi) is 8.06. The number of anilines is 1. The predicted octanol–water partition coefficient (Wildman–Crippen LogP) is 7.54. The van der Waals surface area contributed by atoms with Crippen LogP contribution in [-0.4, -0.2) is 19.0 Å². The molecule has 0 saturated heterocycles. The van der Waals surface area contributed by atoms with E-state index in [1.54, 1.807) is 0 Å². The fourth-order valence-corrected chi connectivity index (χ4v) is 6.01. The monoisotopic (exact) mass is 501 g/mol. The molecule has 0 spiro atoms. The SMILES string of the molecule is CCc1ccc(-c2c(C)sc(NC(=O)[C@@H](Sc3ccccc3)c3ccccc3)c2C(=O)OC)cc1. The lowest BCUT2D eigenvalue weighted by atomic mass is 9.99. The number of hydrogen-bond donors (Lipinski definition) is 1. The van der Waals surface area contributed by atoms with Crippen LogP contribution < -0.4 is 5.32 Å². The van der Waals surface area contributed by atoms with Gasteiger partial charge in [-0.1, -0.05) is 79.7 Å². The van der Waals surface area contributed by atoms with E-state index in [0.29, 0.717) is 10.6 Å². The Morgan fingerprint density at radius 3 is 2.17 bits per heavy atom. The van der Waals surface area contributed by atoms with Crippen molar-refractivity contribution in [3.05, 3.63) is 106 Å². The van der Waals surface area contributed by atoms with Crippen LogP contribution in [0.1, 0.15) is 38.5 Å². The summed E-state index contributed by atoms with van der Waals surface area (Å²) < 4.78 is 5.13. The van der Waals surface area contributed by atoms with Gasteiger partial charge in [0.25, 0.3) is 0 Å². The van der Waals surface area contributed by atoms with E-state index in [-0.39, 0.29) is 5.91 Å². The number of thiophene rings is 1. The molecule has 4 aromatic rings. The number of nitrogens with one attached hydrogen (secondary N) is 1. The number of amides is 1. The fourth-order valence-electron chi connectivity index (χ4n) is 3.90. The van der Waals surface area contributed by atoms with Crippen LogP contribution in [0.4, 0.5) is 5.00 Å². The van der Waals surface area contributed by atoms with E-state index in [0.717, 1.165) is 32.9 Å². The van der Waals surface area contributed by atoms with Crippen molar-refractivity contribution >= 4 is 40.0 Å². The van der Waals surface area contributed by atoms with Crippen LogP contribution in [0.2, 0.25) is 0 Å². The number of hydrogen-bond acceptors (Lipinski definition) is 5. The van der Waals surface area contributed by atoms with Crippen LogP contribution in [0.25, 0.3) is 11.1 Å². The summed E-state index contributed by atoms with van der Waals surface area (Å²) in [6.45, 7) is 4.07. The van der Waals surface area contributed by atoms with Gasteiger partial charge >= 0.3 is 5.97 Å².